The number of carbonyl (C=O) groups excluding carboxylic acids is 1. The van der Waals surface area contributed by atoms with Gasteiger partial charge in [-0.3, -0.25) is 9.59 Å². The van der Waals surface area contributed by atoms with Crippen molar-refractivity contribution in [2.45, 2.75) is 37.9 Å². The van der Waals surface area contributed by atoms with E-state index < -0.39 is 18.2 Å². The fourth-order valence-electron chi connectivity index (χ4n) is 5.93. The zero-order valence-electron chi connectivity index (χ0n) is 20.9. The maximum Gasteiger partial charge on any atom is 0.303 e. The second-order valence-electron chi connectivity index (χ2n) is 10.2. The van der Waals surface area contributed by atoms with E-state index in [1.807, 2.05) is 59.6 Å². The number of carboxylic acids is 1. The minimum absolute atomic E-state index is 0.0252. The lowest BCUT2D eigenvalue weighted by Crippen LogP contribution is -2.39. The number of amides is 1. The van der Waals surface area contributed by atoms with Gasteiger partial charge in [-0.05, 0) is 65.4 Å². The van der Waals surface area contributed by atoms with E-state index in [0.29, 0.717) is 31.0 Å². The predicted octanol–water partition coefficient (Wildman–Crippen LogP) is 6.55. The first-order chi connectivity index (χ1) is 18.5. The highest BCUT2D eigenvalue weighted by atomic mass is 35.5. The Hall–Kier alpha value is -3.61. The van der Waals surface area contributed by atoms with Crippen molar-refractivity contribution >= 4 is 34.2 Å². The molecule has 2 unspecified atom stereocenters. The van der Waals surface area contributed by atoms with Crippen LogP contribution in [0.2, 0.25) is 5.02 Å². The second-order valence-corrected chi connectivity index (χ2v) is 10.6. The maximum absolute atomic E-state index is 13.5. The van der Waals surface area contributed by atoms with Crippen LogP contribution < -0.4 is 0 Å². The van der Waals surface area contributed by atoms with E-state index in [1.54, 1.807) is 0 Å². The molecular formula is C31H29ClN2O4. The summed E-state index contributed by atoms with van der Waals surface area (Å²) in [6.07, 6.45) is 2.90. The average molecular weight is 529 g/mol. The summed E-state index contributed by atoms with van der Waals surface area (Å²) >= 11 is 6.51. The largest absolute Gasteiger partial charge is 0.481 e. The van der Waals surface area contributed by atoms with E-state index in [-0.39, 0.29) is 24.7 Å². The number of hydrogen-bond donors (Lipinski definition) is 1. The van der Waals surface area contributed by atoms with E-state index in [4.69, 9.17) is 21.4 Å². The Labute approximate surface area is 226 Å². The first kappa shape index (κ1) is 24.7. The lowest BCUT2D eigenvalue weighted by atomic mass is 9.93. The zero-order valence-corrected chi connectivity index (χ0v) is 21.7. The van der Waals surface area contributed by atoms with Crippen LogP contribution in [0.5, 0.6) is 0 Å². The molecule has 2 aliphatic heterocycles. The molecule has 7 heteroatoms. The molecule has 1 amide bonds. The molecule has 194 valence electrons. The molecule has 1 aromatic heterocycles. The number of likely N-dealkylation sites (tertiary alicyclic amines) is 1. The SMILES string of the molecule is O=C(O)CC1CCN(C(=O)CC2OC(c3cccc4ccccc34)c3cc(Cl)ccc3-n3cccc32)CC1. The van der Waals surface area contributed by atoms with Crippen LogP contribution in [-0.4, -0.2) is 39.5 Å². The van der Waals surface area contributed by atoms with Gasteiger partial charge in [0, 0.05) is 36.3 Å². The Morgan fingerprint density at radius 3 is 2.53 bits per heavy atom. The molecule has 6 rings (SSSR count). The van der Waals surface area contributed by atoms with Crippen molar-refractivity contribution in [3.8, 4) is 5.69 Å². The van der Waals surface area contributed by atoms with Crippen LogP contribution in [0.25, 0.3) is 16.5 Å². The van der Waals surface area contributed by atoms with E-state index in [2.05, 4.69) is 28.8 Å². The minimum atomic E-state index is -0.776. The smallest absolute Gasteiger partial charge is 0.303 e. The molecule has 0 radical (unpaired) electrons. The number of carboxylic acid groups (broad SMARTS) is 1. The number of piperidine rings is 1. The summed E-state index contributed by atoms with van der Waals surface area (Å²) in [4.78, 5) is 26.5. The third-order valence-corrected chi connectivity index (χ3v) is 8.07. The van der Waals surface area contributed by atoms with E-state index in [0.717, 1.165) is 33.3 Å². The van der Waals surface area contributed by atoms with E-state index in [9.17, 15) is 9.59 Å². The molecular weight excluding hydrogens is 500 g/mol. The van der Waals surface area contributed by atoms with E-state index >= 15 is 0 Å². The molecule has 1 N–H and O–H groups in total. The van der Waals surface area contributed by atoms with Gasteiger partial charge in [0.15, 0.2) is 0 Å². The van der Waals surface area contributed by atoms with Crippen molar-refractivity contribution in [1.29, 1.82) is 0 Å². The molecule has 1 saturated heterocycles. The third-order valence-electron chi connectivity index (χ3n) is 7.84. The van der Waals surface area contributed by atoms with Crippen molar-refractivity contribution in [1.82, 2.24) is 9.47 Å². The van der Waals surface area contributed by atoms with Crippen molar-refractivity contribution in [3.05, 3.63) is 101 Å². The van der Waals surface area contributed by atoms with Crippen LogP contribution in [0.4, 0.5) is 0 Å². The minimum Gasteiger partial charge on any atom is -0.481 e. The first-order valence-corrected chi connectivity index (χ1v) is 13.5. The molecule has 6 nitrogen and oxygen atoms in total. The highest BCUT2D eigenvalue weighted by Gasteiger charge is 2.34. The van der Waals surface area contributed by atoms with Crippen LogP contribution in [0.15, 0.2) is 79.0 Å². The third kappa shape index (κ3) is 4.70. The van der Waals surface area contributed by atoms with Crippen LogP contribution in [0.1, 0.15) is 54.7 Å². The van der Waals surface area contributed by atoms with Crippen molar-refractivity contribution in [2.75, 3.05) is 13.1 Å². The lowest BCUT2D eigenvalue weighted by Gasteiger charge is -2.32. The van der Waals surface area contributed by atoms with Crippen molar-refractivity contribution in [2.24, 2.45) is 5.92 Å². The maximum atomic E-state index is 13.5. The van der Waals surface area contributed by atoms with Gasteiger partial charge in [-0.15, -0.1) is 0 Å². The highest BCUT2D eigenvalue weighted by Crippen LogP contribution is 2.44. The summed E-state index contributed by atoms with van der Waals surface area (Å²) in [7, 11) is 0. The molecule has 0 saturated carbocycles. The molecule has 38 heavy (non-hydrogen) atoms. The number of rotatable bonds is 5. The first-order valence-electron chi connectivity index (χ1n) is 13.1. The molecule has 0 bridgehead atoms. The summed E-state index contributed by atoms with van der Waals surface area (Å²) in [6, 6.07) is 24.3. The van der Waals surface area contributed by atoms with Gasteiger partial charge in [0.05, 0.1) is 17.8 Å². The van der Waals surface area contributed by atoms with Crippen LogP contribution in [0.3, 0.4) is 0 Å². The van der Waals surface area contributed by atoms with Crippen LogP contribution in [-0.2, 0) is 14.3 Å². The number of ether oxygens (including phenoxy) is 1. The fraction of sp³-hybridized carbons (Fsp3) is 0.290. The summed E-state index contributed by atoms with van der Waals surface area (Å²) in [6.45, 7) is 1.15. The van der Waals surface area contributed by atoms with Gasteiger partial charge in [0.2, 0.25) is 5.91 Å². The van der Waals surface area contributed by atoms with Crippen LogP contribution in [0, 0.1) is 5.92 Å². The summed E-state index contributed by atoms with van der Waals surface area (Å²) in [5, 5.41) is 12.0. The average Bonchev–Trinajstić information content (AvgIpc) is 3.36. The van der Waals surface area contributed by atoms with Gasteiger partial charge >= 0.3 is 5.97 Å². The molecule has 0 spiro atoms. The summed E-state index contributed by atoms with van der Waals surface area (Å²) < 4.78 is 9.01. The Morgan fingerprint density at radius 2 is 1.71 bits per heavy atom. The molecule has 1 fully saturated rings. The predicted molar refractivity (Wildman–Crippen MR) is 147 cm³/mol. The fourth-order valence-corrected chi connectivity index (χ4v) is 6.11. The zero-order chi connectivity index (χ0) is 26.2. The molecule has 2 atom stereocenters. The Bertz CT molecular complexity index is 1500. The van der Waals surface area contributed by atoms with Gasteiger partial charge in [-0.2, -0.15) is 0 Å². The molecule has 4 aromatic rings. The Morgan fingerprint density at radius 1 is 0.921 bits per heavy atom. The van der Waals surface area contributed by atoms with Crippen molar-refractivity contribution in [3.63, 3.8) is 0 Å². The number of carbonyl (C=O) groups is 2. The van der Waals surface area contributed by atoms with Crippen LogP contribution >= 0.6 is 11.6 Å². The number of aromatic nitrogens is 1. The normalized spacial score (nSPS) is 19.6. The highest BCUT2D eigenvalue weighted by molar-refractivity contribution is 6.30. The van der Waals surface area contributed by atoms with Gasteiger partial charge in [-0.25, -0.2) is 0 Å². The number of hydrogen-bond acceptors (Lipinski definition) is 3. The lowest BCUT2D eigenvalue weighted by molar-refractivity contribution is -0.139. The Balaban J connectivity index is 1.35. The quantitative estimate of drug-likeness (QED) is 0.319. The van der Waals surface area contributed by atoms with Crippen molar-refractivity contribution < 1.29 is 19.4 Å². The monoisotopic (exact) mass is 528 g/mol. The van der Waals surface area contributed by atoms with Gasteiger partial charge < -0.3 is 19.3 Å². The standard InChI is InChI=1S/C31H29ClN2O4/c32-22-10-11-26-25(18-22)31(24-8-3-6-21-5-1-2-7-23(21)24)38-28(27-9-4-14-34(26)27)19-29(35)33-15-12-20(13-16-33)17-30(36)37/h1-11,14,18,20,28,31H,12-13,15-17,19H2,(H,36,37). The van der Waals surface area contributed by atoms with E-state index in [1.165, 1.54) is 0 Å². The second kappa shape index (κ2) is 10.3. The summed E-state index contributed by atoms with van der Waals surface area (Å²) in [5.74, 6) is -0.628. The Kier molecular flexibility index (Phi) is 6.68. The molecule has 3 aromatic carbocycles. The number of fused-ring (bicyclic) bond motifs is 4. The van der Waals surface area contributed by atoms with Gasteiger partial charge in [0.25, 0.3) is 0 Å². The molecule has 3 heterocycles. The molecule has 2 aliphatic rings. The number of nitrogens with zero attached hydrogens (tertiary/aromatic N) is 2. The summed E-state index contributed by atoms with van der Waals surface area (Å²) in [5.41, 5.74) is 3.89. The topological polar surface area (TPSA) is 71.8 Å². The number of benzene rings is 3. The van der Waals surface area contributed by atoms with Gasteiger partial charge in [-0.1, -0.05) is 54.1 Å². The number of aliphatic carboxylic acids is 1. The number of halogens is 1. The van der Waals surface area contributed by atoms with Gasteiger partial charge in [0.1, 0.15) is 12.2 Å². The molecule has 0 aliphatic carbocycles.